The molecule has 0 bridgehead atoms. The Bertz CT molecular complexity index is 948. The summed E-state index contributed by atoms with van der Waals surface area (Å²) in [5.41, 5.74) is 2.60. The van der Waals surface area contributed by atoms with Gasteiger partial charge in [0.1, 0.15) is 11.4 Å². The number of furan rings is 1. The molecule has 3 aromatic rings. The van der Waals surface area contributed by atoms with Crippen LogP contribution in [0, 0.1) is 5.82 Å². The van der Waals surface area contributed by atoms with Crippen molar-refractivity contribution < 1.29 is 23.1 Å². The highest BCUT2D eigenvalue weighted by molar-refractivity contribution is 5.93. The van der Waals surface area contributed by atoms with Gasteiger partial charge in [-0.1, -0.05) is 31.2 Å². The molecule has 6 heteroatoms. The monoisotopic (exact) mass is 355 g/mol. The van der Waals surface area contributed by atoms with Crippen LogP contribution in [0.3, 0.4) is 0 Å². The lowest BCUT2D eigenvalue weighted by Crippen LogP contribution is -2.22. The molecule has 1 heterocycles. The summed E-state index contributed by atoms with van der Waals surface area (Å²) in [7, 11) is 0. The SMILES string of the molecule is CCc1ccc2c(CC(=O)OCC(=O)Nc3ccccc3F)coc2c1. The zero-order chi connectivity index (χ0) is 18.5. The third-order valence-corrected chi connectivity index (χ3v) is 3.98. The molecular formula is C20H18FNO4. The Morgan fingerprint density at radius 1 is 1.19 bits per heavy atom. The topological polar surface area (TPSA) is 68.5 Å². The van der Waals surface area contributed by atoms with Crippen LogP contribution in [0.1, 0.15) is 18.1 Å². The van der Waals surface area contributed by atoms with Gasteiger partial charge in [-0.15, -0.1) is 0 Å². The van der Waals surface area contributed by atoms with Gasteiger partial charge in [0, 0.05) is 10.9 Å². The van der Waals surface area contributed by atoms with E-state index in [4.69, 9.17) is 9.15 Å². The number of halogens is 1. The fourth-order valence-electron chi connectivity index (χ4n) is 2.59. The maximum absolute atomic E-state index is 13.5. The summed E-state index contributed by atoms with van der Waals surface area (Å²) in [6.45, 7) is 1.57. The first kappa shape index (κ1) is 17.7. The largest absolute Gasteiger partial charge is 0.464 e. The number of fused-ring (bicyclic) bond motifs is 1. The van der Waals surface area contributed by atoms with Gasteiger partial charge in [-0.2, -0.15) is 0 Å². The van der Waals surface area contributed by atoms with Crippen LogP contribution in [0.4, 0.5) is 10.1 Å². The van der Waals surface area contributed by atoms with Crippen molar-refractivity contribution in [2.24, 2.45) is 0 Å². The summed E-state index contributed by atoms with van der Waals surface area (Å²) < 4.78 is 23.9. The minimum atomic E-state index is -0.604. The Labute approximate surface area is 149 Å². The van der Waals surface area contributed by atoms with Crippen molar-refractivity contribution in [3.05, 3.63) is 65.7 Å². The molecule has 0 fully saturated rings. The van der Waals surface area contributed by atoms with Gasteiger partial charge in [0.2, 0.25) is 0 Å². The van der Waals surface area contributed by atoms with Gasteiger partial charge in [0.15, 0.2) is 6.61 Å². The second-order valence-corrected chi connectivity index (χ2v) is 5.81. The van der Waals surface area contributed by atoms with Gasteiger partial charge >= 0.3 is 5.97 Å². The first-order valence-electron chi connectivity index (χ1n) is 8.26. The van der Waals surface area contributed by atoms with Crippen molar-refractivity contribution in [2.75, 3.05) is 11.9 Å². The van der Waals surface area contributed by atoms with Crippen molar-refractivity contribution in [1.82, 2.24) is 0 Å². The molecule has 2 aromatic carbocycles. The summed E-state index contributed by atoms with van der Waals surface area (Å²) in [6.07, 6.45) is 2.40. The summed E-state index contributed by atoms with van der Waals surface area (Å²) in [5.74, 6) is -1.72. The number of benzene rings is 2. The van der Waals surface area contributed by atoms with E-state index in [2.05, 4.69) is 12.2 Å². The standard InChI is InChI=1S/C20H18FNO4/c1-2-13-7-8-15-14(11-25-18(15)9-13)10-20(24)26-12-19(23)22-17-6-4-3-5-16(17)21/h3-9,11H,2,10,12H2,1H3,(H,22,23). The van der Waals surface area contributed by atoms with Gasteiger partial charge in [-0.3, -0.25) is 9.59 Å². The van der Waals surface area contributed by atoms with Crippen molar-refractivity contribution in [1.29, 1.82) is 0 Å². The number of esters is 1. The predicted octanol–water partition coefficient (Wildman–Crippen LogP) is 3.86. The number of anilines is 1. The molecular weight excluding hydrogens is 337 g/mol. The van der Waals surface area contributed by atoms with Gasteiger partial charge in [0.25, 0.3) is 5.91 Å². The summed E-state index contributed by atoms with van der Waals surface area (Å²) >= 11 is 0. The third-order valence-electron chi connectivity index (χ3n) is 3.98. The number of ether oxygens (including phenoxy) is 1. The highest BCUT2D eigenvalue weighted by Gasteiger charge is 2.14. The molecule has 134 valence electrons. The number of carbonyl (C=O) groups excluding carboxylic acids is 2. The van der Waals surface area contributed by atoms with E-state index < -0.39 is 24.3 Å². The molecule has 0 unspecified atom stereocenters. The number of rotatable bonds is 6. The van der Waals surface area contributed by atoms with Crippen molar-refractivity contribution >= 4 is 28.5 Å². The molecule has 0 atom stereocenters. The van der Waals surface area contributed by atoms with Crippen LogP contribution < -0.4 is 5.32 Å². The average molecular weight is 355 g/mol. The molecule has 0 spiro atoms. The molecule has 3 rings (SSSR count). The molecule has 0 aliphatic carbocycles. The second-order valence-electron chi connectivity index (χ2n) is 5.81. The van der Waals surface area contributed by atoms with Crippen LogP contribution in [0.15, 0.2) is 53.1 Å². The number of para-hydroxylation sites is 1. The zero-order valence-corrected chi connectivity index (χ0v) is 14.3. The zero-order valence-electron chi connectivity index (χ0n) is 14.3. The van der Waals surface area contributed by atoms with E-state index in [-0.39, 0.29) is 12.1 Å². The lowest BCUT2D eigenvalue weighted by Gasteiger charge is -2.07. The molecule has 0 aliphatic heterocycles. The Kier molecular flexibility index (Phi) is 5.31. The van der Waals surface area contributed by atoms with Gasteiger partial charge in [-0.25, -0.2) is 4.39 Å². The minimum Gasteiger partial charge on any atom is -0.464 e. The van der Waals surface area contributed by atoms with E-state index in [1.807, 2.05) is 18.2 Å². The Morgan fingerprint density at radius 2 is 2.00 bits per heavy atom. The first-order valence-corrected chi connectivity index (χ1v) is 8.26. The lowest BCUT2D eigenvalue weighted by atomic mass is 10.1. The highest BCUT2D eigenvalue weighted by atomic mass is 19.1. The van der Waals surface area contributed by atoms with Gasteiger partial charge in [0.05, 0.1) is 18.4 Å². The molecule has 26 heavy (non-hydrogen) atoms. The Hall–Kier alpha value is -3.15. The van der Waals surface area contributed by atoms with Gasteiger partial charge in [-0.05, 0) is 30.2 Å². The highest BCUT2D eigenvalue weighted by Crippen LogP contribution is 2.23. The van der Waals surface area contributed by atoms with E-state index in [1.165, 1.54) is 24.5 Å². The smallest absolute Gasteiger partial charge is 0.310 e. The van der Waals surface area contributed by atoms with Crippen LogP contribution >= 0.6 is 0 Å². The number of hydrogen-bond donors (Lipinski definition) is 1. The number of amides is 1. The molecule has 0 saturated heterocycles. The Balaban J connectivity index is 1.56. The third kappa shape index (κ3) is 4.08. The van der Waals surface area contributed by atoms with E-state index >= 15 is 0 Å². The molecule has 1 amide bonds. The molecule has 0 radical (unpaired) electrons. The minimum absolute atomic E-state index is 0.00848. The molecule has 1 aromatic heterocycles. The maximum Gasteiger partial charge on any atom is 0.310 e. The molecule has 1 N–H and O–H groups in total. The Morgan fingerprint density at radius 3 is 2.77 bits per heavy atom. The summed E-state index contributed by atoms with van der Waals surface area (Å²) in [4.78, 5) is 23.8. The van der Waals surface area contributed by atoms with Crippen LogP contribution in [-0.2, 0) is 27.2 Å². The summed E-state index contributed by atoms with van der Waals surface area (Å²) in [5, 5.41) is 3.20. The van der Waals surface area contributed by atoms with Gasteiger partial charge < -0.3 is 14.5 Å². The van der Waals surface area contributed by atoms with Crippen LogP contribution in [-0.4, -0.2) is 18.5 Å². The lowest BCUT2D eigenvalue weighted by molar-refractivity contribution is -0.146. The van der Waals surface area contributed by atoms with E-state index in [0.717, 1.165) is 17.4 Å². The normalized spacial score (nSPS) is 10.7. The van der Waals surface area contributed by atoms with Crippen LogP contribution in [0.2, 0.25) is 0 Å². The fourth-order valence-corrected chi connectivity index (χ4v) is 2.59. The average Bonchev–Trinajstić information content (AvgIpc) is 3.04. The number of hydrogen-bond acceptors (Lipinski definition) is 4. The van der Waals surface area contributed by atoms with Crippen molar-refractivity contribution in [2.45, 2.75) is 19.8 Å². The van der Waals surface area contributed by atoms with Crippen molar-refractivity contribution in [3.8, 4) is 0 Å². The predicted molar refractivity (Wildman–Crippen MR) is 95.3 cm³/mol. The number of aryl methyl sites for hydroxylation is 1. The summed E-state index contributed by atoms with van der Waals surface area (Å²) in [6, 6.07) is 11.6. The number of carbonyl (C=O) groups is 2. The first-order chi connectivity index (χ1) is 12.6. The van der Waals surface area contributed by atoms with E-state index in [1.54, 1.807) is 6.07 Å². The number of nitrogens with one attached hydrogen (secondary N) is 1. The fraction of sp³-hybridized carbons (Fsp3) is 0.200. The van der Waals surface area contributed by atoms with Crippen LogP contribution in [0.5, 0.6) is 0 Å². The van der Waals surface area contributed by atoms with Crippen LogP contribution in [0.25, 0.3) is 11.0 Å². The van der Waals surface area contributed by atoms with E-state index in [9.17, 15) is 14.0 Å². The maximum atomic E-state index is 13.5. The van der Waals surface area contributed by atoms with Crippen molar-refractivity contribution in [3.63, 3.8) is 0 Å². The molecule has 0 saturated carbocycles. The molecule has 5 nitrogen and oxygen atoms in total. The second kappa shape index (κ2) is 7.82. The molecule has 0 aliphatic rings. The quantitative estimate of drug-likeness (QED) is 0.682. The van der Waals surface area contributed by atoms with E-state index in [0.29, 0.717) is 11.1 Å².